The van der Waals surface area contributed by atoms with E-state index in [1.807, 2.05) is 48.5 Å². The zero-order chi connectivity index (χ0) is 38.9. The van der Waals surface area contributed by atoms with Crippen LogP contribution >= 0.6 is 0 Å². The lowest BCUT2D eigenvalue weighted by Crippen LogP contribution is -2.50. The van der Waals surface area contributed by atoms with Gasteiger partial charge in [-0.15, -0.1) is 21.9 Å². The van der Waals surface area contributed by atoms with E-state index in [9.17, 15) is 0 Å². The maximum atomic E-state index is 7.07. The monoisotopic (exact) mass is 692 g/mol. The number of hydrogen-bond acceptors (Lipinski definition) is 1. The van der Waals surface area contributed by atoms with Gasteiger partial charge in [0.05, 0.1) is 0 Å². The lowest BCUT2D eigenvalue weighted by Gasteiger charge is -2.28. The number of hydrogen-bond donors (Lipinski definition) is 0. The Morgan fingerprint density at radius 2 is 0.857 bits per heavy atom. The molecule has 0 aliphatic heterocycles. The maximum absolute atomic E-state index is 7.07. The summed E-state index contributed by atoms with van der Waals surface area (Å²) < 4.78 is 6.19. The Morgan fingerprint density at radius 3 is 1.50 bits per heavy atom. The van der Waals surface area contributed by atoms with Gasteiger partial charge in [-0.25, -0.2) is 0 Å². The largest absolute Gasteiger partial charge is 0.456 e. The second kappa shape index (κ2) is 12.3. The SMILES string of the molecule is [B]c1c([B])c([B])c2c(-c3ccc4oc5ccccc5c4c3)c3c([B])c([B])c([B])c([B])c3c(-c3cccc(-c4cccc5c4-c4ccccc4C5(C)C)c3)c2c1[B]. The normalized spacial score (nSPS) is 13.2. The molecule has 0 unspecified atom stereocenters. The molecule has 242 valence electrons. The zero-order valence-corrected chi connectivity index (χ0v) is 30.9. The molecule has 0 spiro atoms. The molecule has 0 saturated carbocycles. The lowest BCUT2D eigenvalue weighted by molar-refractivity contribution is 0.660. The predicted molar refractivity (Wildman–Crippen MR) is 246 cm³/mol. The molecule has 8 aromatic carbocycles. The Kier molecular flexibility index (Phi) is 7.70. The first kappa shape index (κ1) is 35.0. The van der Waals surface area contributed by atoms with Crippen molar-refractivity contribution in [2.75, 3.05) is 0 Å². The van der Waals surface area contributed by atoms with Crippen molar-refractivity contribution in [3.05, 3.63) is 120 Å². The van der Waals surface area contributed by atoms with Gasteiger partial charge in [0.15, 0.2) is 0 Å². The summed E-state index contributed by atoms with van der Waals surface area (Å²) in [6.45, 7) is 4.55. The molecule has 0 N–H and O–H groups in total. The van der Waals surface area contributed by atoms with Gasteiger partial charge in [0.25, 0.3) is 0 Å². The molecular formula is C47H24B8O. The van der Waals surface area contributed by atoms with Crippen molar-refractivity contribution in [3.63, 3.8) is 0 Å². The van der Waals surface area contributed by atoms with Crippen LogP contribution in [-0.2, 0) is 5.41 Å². The van der Waals surface area contributed by atoms with Gasteiger partial charge >= 0.3 is 0 Å². The summed E-state index contributed by atoms with van der Waals surface area (Å²) in [5.41, 5.74) is 13.0. The molecule has 16 radical (unpaired) electrons. The summed E-state index contributed by atoms with van der Waals surface area (Å²) >= 11 is 0. The molecule has 0 saturated heterocycles. The highest BCUT2D eigenvalue weighted by Crippen LogP contribution is 2.52. The van der Waals surface area contributed by atoms with Gasteiger partial charge in [-0.2, -0.15) is 0 Å². The van der Waals surface area contributed by atoms with Crippen molar-refractivity contribution in [1.82, 2.24) is 0 Å². The second-order valence-corrected chi connectivity index (χ2v) is 15.3. The highest BCUT2D eigenvalue weighted by Gasteiger charge is 2.36. The van der Waals surface area contributed by atoms with Crippen LogP contribution < -0.4 is 43.7 Å². The Balaban J connectivity index is 1.36. The van der Waals surface area contributed by atoms with Gasteiger partial charge in [0.1, 0.15) is 73.9 Å². The van der Waals surface area contributed by atoms with Crippen molar-refractivity contribution in [3.8, 4) is 44.5 Å². The van der Waals surface area contributed by atoms with Gasteiger partial charge < -0.3 is 4.42 Å². The average molecular weight is 691 g/mol. The molecule has 0 fully saturated rings. The molecule has 1 aromatic heterocycles. The number of rotatable bonds is 3. The maximum Gasteiger partial charge on any atom is 0.135 e. The smallest absolute Gasteiger partial charge is 0.135 e. The van der Waals surface area contributed by atoms with E-state index >= 15 is 0 Å². The van der Waals surface area contributed by atoms with Crippen molar-refractivity contribution in [1.29, 1.82) is 0 Å². The third-order valence-corrected chi connectivity index (χ3v) is 12.1. The highest BCUT2D eigenvalue weighted by molar-refractivity contribution is 6.71. The first-order chi connectivity index (χ1) is 26.9. The van der Waals surface area contributed by atoms with Gasteiger partial charge in [0, 0.05) is 16.2 Å². The van der Waals surface area contributed by atoms with Crippen LogP contribution in [0.2, 0.25) is 0 Å². The van der Waals surface area contributed by atoms with Crippen molar-refractivity contribution < 1.29 is 4.42 Å². The van der Waals surface area contributed by atoms with Gasteiger partial charge in [0.2, 0.25) is 0 Å². The Morgan fingerprint density at radius 1 is 0.375 bits per heavy atom. The van der Waals surface area contributed by atoms with Gasteiger partial charge in [-0.3, -0.25) is 0 Å². The third kappa shape index (κ3) is 4.67. The molecule has 10 rings (SSSR count). The van der Waals surface area contributed by atoms with E-state index in [4.69, 9.17) is 67.2 Å². The third-order valence-electron chi connectivity index (χ3n) is 12.1. The molecule has 0 bridgehead atoms. The number of para-hydroxylation sites is 1. The number of furan rings is 1. The molecule has 1 heterocycles. The fourth-order valence-electron chi connectivity index (χ4n) is 9.24. The first-order valence-corrected chi connectivity index (χ1v) is 18.4. The summed E-state index contributed by atoms with van der Waals surface area (Å²) in [5.74, 6) is 0. The number of benzene rings is 8. The molecule has 9 heteroatoms. The van der Waals surface area contributed by atoms with E-state index < -0.39 is 0 Å². The van der Waals surface area contributed by atoms with Crippen LogP contribution in [0.1, 0.15) is 25.0 Å². The van der Waals surface area contributed by atoms with E-state index in [0.717, 1.165) is 44.2 Å². The van der Waals surface area contributed by atoms with Crippen molar-refractivity contribution in [2.45, 2.75) is 19.3 Å². The minimum atomic E-state index is -0.166. The van der Waals surface area contributed by atoms with E-state index in [1.165, 1.54) is 22.3 Å². The molecule has 9 aromatic rings. The van der Waals surface area contributed by atoms with Crippen LogP contribution in [0.3, 0.4) is 0 Å². The van der Waals surface area contributed by atoms with Crippen LogP contribution in [0.15, 0.2) is 114 Å². The van der Waals surface area contributed by atoms with Crippen molar-refractivity contribution in [2.24, 2.45) is 0 Å². The summed E-state index contributed by atoms with van der Waals surface area (Å²) in [5, 5.41) is 4.15. The van der Waals surface area contributed by atoms with E-state index in [0.29, 0.717) is 32.7 Å². The summed E-state index contributed by atoms with van der Waals surface area (Å²) in [6, 6.07) is 37.3. The molecule has 1 aliphatic carbocycles. The Hall–Kier alpha value is -5.40. The molecule has 56 heavy (non-hydrogen) atoms. The van der Waals surface area contributed by atoms with Gasteiger partial charge in [-0.1, -0.05) is 121 Å². The molecule has 1 aliphatic rings. The van der Waals surface area contributed by atoms with Crippen LogP contribution in [0.5, 0.6) is 0 Å². The quantitative estimate of drug-likeness (QED) is 0.204. The topological polar surface area (TPSA) is 13.1 Å². The van der Waals surface area contributed by atoms with E-state index in [1.54, 1.807) is 0 Å². The fourth-order valence-corrected chi connectivity index (χ4v) is 9.24. The predicted octanol–water partition coefficient (Wildman–Crippen LogP) is 3.55. The molecule has 0 amide bonds. The number of fused-ring (bicyclic) bond motifs is 8. The van der Waals surface area contributed by atoms with E-state index in [-0.39, 0.29) is 49.1 Å². The van der Waals surface area contributed by atoms with E-state index in [2.05, 4.69) is 74.5 Å². The Bertz CT molecular complexity index is 3130. The minimum Gasteiger partial charge on any atom is -0.456 e. The van der Waals surface area contributed by atoms with Crippen molar-refractivity contribution >= 4 is 150 Å². The average Bonchev–Trinajstić information content (AvgIpc) is 3.71. The van der Waals surface area contributed by atoms with Crippen LogP contribution in [0.4, 0.5) is 0 Å². The highest BCUT2D eigenvalue weighted by atomic mass is 16.3. The Labute approximate surface area is 336 Å². The fraction of sp³-hybridized carbons (Fsp3) is 0.0638. The standard InChI is InChI=1S/C47H24B8O/c1-47(2)28-14-5-3-12-26(28)34-24(13-8-15-29(34)47)21-9-7-10-22(19-21)32-35-37(41(50)45(54)43(52)39(35)48)33(38-36(32)40(49)44(53)46(55)42(38)51)23-17-18-31-27(20-23)25-11-4-6-16-30(25)56-31/h3-20H,1-2H3. The lowest BCUT2D eigenvalue weighted by atomic mass is 9.59. The zero-order valence-electron chi connectivity index (χ0n) is 30.9. The summed E-state index contributed by atoms with van der Waals surface area (Å²) in [7, 11) is 54.9. The summed E-state index contributed by atoms with van der Waals surface area (Å²) in [4.78, 5) is 0. The summed E-state index contributed by atoms with van der Waals surface area (Å²) in [6.07, 6.45) is 0. The molecule has 1 nitrogen and oxygen atoms in total. The van der Waals surface area contributed by atoms with Crippen LogP contribution in [0.25, 0.3) is 88.0 Å². The molecule has 0 atom stereocenters. The molecular weight excluding hydrogens is 667 g/mol. The van der Waals surface area contributed by atoms with Crippen LogP contribution in [0, 0.1) is 0 Å². The van der Waals surface area contributed by atoms with Gasteiger partial charge in [-0.05, 0) is 101 Å². The minimum absolute atomic E-state index is 0.166. The van der Waals surface area contributed by atoms with Crippen LogP contribution in [-0.4, -0.2) is 62.8 Å². The first-order valence-electron chi connectivity index (χ1n) is 18.4. The second-order valence-electron chi connectivity index (χ2n) is 15.3.